The van der Waals surface area contributed by atoms with Gasteiger partial charge in [-0.2, -0.15) is 0 Å². The van der Waals surface area contributed by atoms with Crippen molar-refractivity contribution in [2.45, 2.75) is 25.8 Å². The van der Waals surface area contributed by atoms with Crippen LogP contribution in [0.4, 0.5) is 9.52 Å². The Balaban J connectivity index is 1.86. The normalized spacial score (nSPS) is 21.0. The van der Waals surface area contributed by atoms with Crippen LogP contribution in [-0.4, -0.2) is 34.0 Å². The van der Waals surface area contributed by atoms with Gasteiger partial charge in [0.25, 0.3) is 0 Å². The van der Waals surface area contributed by atoms with E-state index >= 15 is 0 Å². The summed E-state index contributed by atoms with van der Waals surface area (Å²) in [6, 6.07) is 5.48. The number of hydrogen-bond donors (Lipinski definition) is 1. The van der Waals surface area contributed by atoms with E-state index in [0.29, 0.717) is 18.0 Å². The number of nitrogens with one attached hydrogen (secondary N) is 1. The molecule has 0 unspecified atom stereocenters. The summed E-state index contributed by atoms with van der Waals surface area (Å²) in [7, 11) is 1.67. The largest absolute Gasteiger partial charge is 0.338 e. The average Bonchev–Trinajstić information content (AvgIpc) is 2.96. The lowest BCUT2D eigenvalue weighted by Crippen LogP contribution is -2.44. The minimum absolute atomic E-state index is 0.0277. The van der Waals surface area contributed by atoms with Gasteiger partial charge < -0.3 is 10.2 Å². The summed E-state index contributed by atoms with van der Waals surface area (Å²) >= 11 is 1.30. The molecule has 2 amide bonds. The van der Waals surface area contributed by atoms with Crippen LogP contribution in [-0.2, 0) is 9.59 Å². The molecule has 0 saturated carbocycles. The fourth-order valence-corrected chi connectivity index (χ4v) is 3.57. The van der Waals surface area contributed by atoms with Crippen molar-refractivity contribution in [1.82, 2.24) is 15.1 Å². The minimum atomic E-state index is -0.430. The van der Waals surface area contributed by atoms with Crippen LogP contribution in [0.1, 0.15) is 29.5 Å². The Hall–Kier alpha value is -2.35. The first-order valence-corrected chi connectivity index (χ1v) is 8.39. The number of aromatic nitrogens is 2. The van der Waals surface area contributed by atoms with Crippen LogP contribution in [0.3, 0.4) is 0 Å². The molecule has 1 aliphatic heterocycles. The van der Waals surface area contributed by atoms with Gasteiger partial charge in [-0.05, 0) is 31.0 Å². The monoisotopic (exact) mass is 348 g/mol. The topological polar surface area (TPSA) is 75.2 Å². The first-order chi connectivity index (χ1) is 11.5. The maximum atomic E-state index is 13.2. The molecule has 0 spiro atoms. The number of likely N-dealkylation sites (tertiary alicyclic amines) is 1. The summed E-state index contributed by atoms with van der Waals surface area (Å²) in [5, 5.41) is 11.7. The van der Waals surface area contributed by atoms with Gasteiger partial charge in [0.1, 0.15) is 10.8 Å². The van der Waals surface area contributed by atoms with Gasteiger partial charge in [0.15, 0.2) is 0 Å². The van der Waals surface area contributed by atoms with Crippen molar-refractivity contribution in [3.05, 3.63) is 40.7 Å². The van der Waals surface area contributed by atoms with Gasteiger partial charge in [0.05, 0.1) is 12.0 Å². The average molecular weight is 348 g/mol. The zero-order valence-corrected chi connectivity index (χ0v) is 14.1. The number of rotatable bonds is 3. The van der Waals surface area contributed by atoms with Crippen molar-refractivity contribution >= 4 is 28.3 Å². The molecule has 1 fully saturated rings. The molecule has 126 valence electrons. The summed E-state index contributed by atoms with van der Waals surface area (Å²) < 4.78 is 13.2. The minimum Gasteiger partial charge on any atom is -0.338 e. The maximum Gasteiger partial charge on any atom is 0.231 e. The third-order valence-corrected chi connectivity index (χ3v) is 4.92. The van der Waals surface area contributed by atoms with E-state index in [4.69, 9.17) is 0 Å². The second-order valence-electron chi connectivity index (χ2n) is 5.76. The predicted octanol–water partition coefficient (Wildman–Crippen LogP) is 2.53. The SMILES string of the molecule is Cc1nnc(NC(=O)[C@H]2CCC(=O)N(C)[C@H]2c2ccc(F)cc2)s1. The van der Waals surface area contributed by atoms with E-state index in [1.54, 1.807) is 24.1 Å². The molecule has 3 rings (SSSR count). The predicted molar refractivity (Wildman–Crippen MR) is 87.9 cm³/mol. The lowest BCUT2D eigenvalue weighted by atomic mass is 9.84. The van der Waals surface area contributed by atoms with E-state index in [0.717, 1.165) is 10.6 Å². The Morgan fingerprint density at radius 3 is 2.67 bits per heavy atom. The second kappa shape index (κ2) is 6.64. The highest BCUT2D eigenvalue weighted by molar-refractivity contribution is 7.15. The zero-order chi connectivity index (χ0) is 17.3. The van der Waals surface area contributed by atoms with Gasteiger partial charge in [-0.3, -0.25) is 9.59 Å². The molecule has 24 heavy (non-hydrogen) atoms. The van der Waals surface area contributed by atoms with Gasteiger partial charge >= 0.3 is 0 Å². The van der Waals surface area contributed by atoms with E-state index < -0.39 is 12.0 Å². The fourth-order valence-electron chi connectivity index (χ4n) is 2.97. The van der Waals surface area contributed by atoms with Gasteiger partial charge in [0.2, 0.25) is 16.9 Å². The molecule has 8 heteroatoms. The second-order valence-corrected chi connectivity index (χ2v) is 6.94. The lowest BCUT2D eigenvalue weighted by molar-refractivity contribution is -0.140. The molecule has 1 aliphatic rings. The van der Waals surface area contributed by atoms with E-state index in [-0.39, 0.29) is 17.6 Å². The molecular formula is C16H17FN4O2S. The fraction of sp³-hybridized carbons (Fsp3) is 0.375. The summed E-state index contributed by atoms with van der Waals surface area (Å²) in [6.45, 7) is 1.81. The number of carbonyl (C=O) groups is 2. The quantitative estimate of drug-likeness (QED) is 0.925. The van der Waals surface area contributed by atoms with Gasteiger partial charge in [-0.1, -0.05) is 23.5 Å². The van der Waals surface area contributed by atoms with Crippen molar-refractivity contribution in [3.8, 4) is 0 Å². The molecule has 2 atom stereocenters. The molecule has 0 aliphatic carbocycles. The van der Waals surface area contributed by atoms with Gasteiger partial charge in [-0.15, -0.1) is 10.2 Å². The van der Waals surface area contributed by atoms with Gasteiger partial charge in [0, 0.05) is 13.5 Å². The molecular weight excluding hydrogens is 331 g/mol. The third-order valence-electron chi connectivity index (χ3n) is 4.17. The van der Waals surface area contributed by atoms with Crippen molar-refractivity contribution in [2.24, 2.45) is 5.92 Å². The van der Waals surface area contributed by atoms with E-state index in [9.17, 15) is 14.0 Å². The van der Waals surface area contributed by atoms with E-state index in [1.807, 2.05) is 6.92 Å². The molecule has 6 nitrogen and oxygen atoms in total. The van der Waals surface area contributed by atoms with Crippen LogP contribution in [0.5, 0.6) is 0 Å². The summed E-state index contributed by atoms with van der Waals surface area (Å²) in [5.74, 6) is -1.02. The van der Waals surface area contributed by atoms with Crippen molar-refractivity contribution in [1.29, 1.82) is 0 Å². The van der Waals surface area contributed by atoms with Crippen LogP contribution < -0.4 is 5.32 Å². The Morgan fingerprint density at radius 1 is 1.33 bits per heavy atom. The molecule has 1 aromatic heterocycles. The number of nitrogens with zero attached hydrogens (tertiary/aromatic N) is 3. The molecule has 2 aromatic rings. The third kappa shape index (κ3) is 3.28. The molecule has 0 bridgehead atoms. The molecule has 0 radical (unpaired) electrons. The Labute approximate surface area is 142 Å². The Kier molecular flexibility index (Phi) is 4.57. The first-order valence-electron chi connectivity index (χ1n) is 7.58. The number of amides is 2. The Morgan fingerprint density at radius 2 is 2.04 bits per heavy atom. The van der Waals surface area contributed by atoms with E-state index in [2.05, 4.69) is 15.5 Å². The van der Waals surface area contributed by atoms with Crippen LogP contribution in [0.2, 0.25) is 0 Å². The van der Waals surface area contributed by atoms with Crippen LogP contribution in [0.15, 0.2) is 24.3 Å². The zero-order valence-electron chi connectivity index (χ0n) is 13.3. The molecule has 1 N–H and O–H groups in total. The number of anilines is 1. The maximum absolute atomic E-state index is 13.2. The summed E-state index contributed by atoms with van der Waals surface area (Å²) in [4.78, 5) is 26.3. The van der Waals surface area contributed by atoms with Crippen LogP contribution >= 0.6 is 11.3 Å². The van der Waals surface area contributed by atoms with Gasteiger partial charge in [-0.25, -0.2) is 4.39 Å². The summed E-state index contributed by atoms with van der Waals surface area (Å²) in [6.07, 6.45) is 0.746. The number of carbonyl (C=O) groups excluding carboxylic acids is 2. The molecule has 1 aromatic carbocycles. The Bertz CT molecular complexity index is 762. The highest BCUT2D eigenvalue weighted by Gasteiger charge is 2.39. The lowest BCUT2D eigenvalue weighted by Gasteiger charge is -2.38. The van der Waals surface area contributed by atoms with Crippen LogP contribution in [0.25, 0.3) is 0 Å². The number of halogens is 1. The standard InChI is InChI=1S/C16H17FN4O2S/c1-9-19-20-16(24-9)18-15(23)12-7-8-13(22)21(2)14(12)10-3-5-11(17)6-4-10/h3-6,12,14H,7-8H2,1-2H3,(H,18,20,23)/t12-,14-/m0/s1. The highest BCUT2D eigenvalue weighted by atomic mass is 32.1. The molecule has 2 heterocycles. The first kappa shape index (κ1) is 16.5. The number of benzene rings is 1. The number of aryl methyl sites for hydroxylation is 1. The number of piperidine rings is 1. The summed E-state index contributed by atoms with van der Waals surface area (Å²) in [5.41, 5.74) is 0.737. The number of hydrogen-bond acceptors (Lipinski definition) is 5. The van der Waals surface area contributed by atoms with E-state index in [1.165, 1.54) is 23.5 Å². The molecule has 1 saturated heterocycles. The highest BCUT2D eigenvalue weighted by Crippen LogP contribution is 2.36. The smallest absolute Gasteiger partial charge is 0.231 e. The van der Waals surface area contributed by atoms with Crippen molar-refractivity contribution in [3.63, 3.8) is 0 Å². The van der Waals surface area contributed by atoms with Crippen LogP contribution in [0, 0.1) is 18.7 Å². The van der Waals surface area contributed by atoms with Crippen molar-refractivity contribution < 1.29 is 14.0 Å². The van der Waals surface area contributed by atoms with Crippen molar-refractivity contribution in [2.75, 3.05) is 12.4 Å².